The van der Waals surface area contributed by atoms with Gasteiger partial charge in [0.1, 0.15) is 0 Å². The summed E-state index contributed by atoms with van der Waals surface area (Å²) >= 11 is 0. The minimum absolute atomic E-state index is 0.177. The fourth-order valence-corrected chi connectivity index (χ4v) is 0.831. The van der Waals surface area contributed by atoms with Gasteiger partial charge in [-0.2, -0.15) is 0 Å². The highest BCUT2D eigenvalue weighted by molar-refractivity contribution is 5.73. The van der Waals surface area contributed by atoms with Crippen LogP contribution in [0.3, 0.4) is 0 Å². The number of urea groups is 2. The van der Waals surface area contributed by atoms with Crippen LogP contribution in [0, 0.1) is 0 Å². The van der Waals surface area contributed by atoms with Gasteiger partial charge in [0.05, 0.1) is 0 Å². The van der Waals surface area contributed by atoms with Crippen molar-refractivity contribution >= 4 is 12.1 Å². The molecule has 6 nitrogen and oxygen atoms in total. The SMILES string of the molecule is CC.CC.CNC(=O)NCCCCNC(=O)NC. The molecule has 0 aliphatic heterocycles. The molecule has 0 aliphatic carbocycles. The summed E-state index contributed by atoms with van der Waals surface area (Å²) < 4.78 is 0. The summed E-state index contributed by atoms with van der Waals surface area (Å²) in [6, 6.07) is -0.353. The van der Waals surface area contributed by atoms with Gasteiger partial charge in [-0.15, -0.1) is 0 Å². The molecule has 4 N–H and O–H groups in total. The monoisotopic (exact) mass is 262 g/mol. The van der Waals surface area contributed by atoms with Crippen LogP contribution < -0.4 is 21.3 Å². The van der Waals surface area contributed by atoms with E-state index in [0.29, 0.717) is 13.1 Å². The fourth-order valence-electron chi connectivity index (χ4n) is 0.831. The maximum Gasteiger partial charge on any atom is 0.314 e. The number of unbranched alkanes of at least 4 members (excludes halogenated alkanes) is 1. The standard InChI is InChI=1S/C8H18N4O2.2C2H6/c1-9-7(13)11-5-3-4-6-12-8(14)10-2;2*1-2/h3-6H2,1-2H3,(H2,9,11,13)(H2,10,12,14);2*1-2H3. The lowest BCUT2D eigenvalue weighted by Gasteiger charge is -2.05. The first-order valence-electron chi connectivity index (χ1n) is 6.62. The lowest BCUT2D eigenvalue weighted by atomic mass is 10.3. The third-order valence-corrected chi connectivity index (χ3v) is 1.63. The maximum absolute atomic E-state index is 10.7. The molecule has 0 rings (SSSR count). The molecular formula is C12H30N4O2. The Balaban J connectivity index is -0.000000506. The first-order valence-corrected chi connectivity index (χ1v) is 6.62. The van der Waals surface area contributed by atoms with E-state index in [9.17, 15) is 9.59 Å². The molecule has 0 fully saturated rings. The van der Waals surface area contributed by atoms with Crippen molar-refractivity contribution in [2.45, 2.75) is 40.5 Å². The zero-order chi connectivity index (χ0) is 14.8. The van der Waals surface area contributed by atoms with Gasteiger partial charge in [-0.05, 0) is 12.8 Å². The third kappa shape index (κ3) is 20.0. The molecular weight excluding hydrogens is 232 g/mol. The molecule has 0 saturated carbocycles. The van der Waals surface area contributed by atoms with E-state index in [1.165, 1.54) is 0 Å². The highest BCUT2D eigenvalue weighted by Gasteiger charge is 1.96. The molecule has 0 heterocycles. The predicted octanol–water partition coefficient (Wildman–Crippen LogP) is 1.68. The topological polar surface area (TPSA) is 82.3 Å². The maximum atomic E-state index is 10.7. The van der Waals surface area contributed by atoms with E-state index in [1.54, 1.807) is 14.1 Å². The van der Waals surface area contributed by atoms with Crippen molar-refractivity contribution < 1.29 is 9.59 Å². The van der Waals surface area contributed by atoms with E-state index in [1.807, 2.05) is 27.7 Å². The average molecular weight is 262 g/mol. The van der Waals surface area contributed by atoms with Crippen molar-refractivity contribution in [1.29, 1.82) is 0 Å². The van der Waals surface area contributed by atoms with Crippen molar-refractivity contribution in [2.75, 3.05) is 27.2 Å². The Kier molecular flexibility index (Phi) is 25.3. The van der Waals surface area contributed by atoms with Crippen molar-refractivity contribution in [3.8, 4) is 0 Å². The van der Waals surface area contributed by atoms with E-state index < -0.39 is 0 Å². The van der Waals surface area contributed by atoms with Gasteiger partial charge in [0.25, 0.3) is 0 Å². The van der Waals surface area contributed by atoms with E-state index in [-0.39, 0.29) is 12.1 Å². The first kappa shape index (κ1) is 21.8. The number of nitrogens with one attached hydrogen (secondary N) is 4. The van der Waals surface area contributed by atoms with E-state index in [4.69, 9.17) is 0 Å². The molecule has 0 spiro atoms. The quantitative estimate of drug-likeness (QED) is 0.568. The van der Waals surface area contributed by atoms with E-state index in [2.05, 4.69) is 21.3 Å². The minimum atomic E-state index is -0.177. The van der Waals surface area contributed by atoms with Gasteiger partial charge in [0.2, 0.25) is 0 Å². The molecule has 0 aliphatic rings. The lowest BCUT2D eigenvalue weighted by Crippen LogP contribution is -2.35. The molecule has 0 saturated heterocycles. The molecule has 0 atom stereocenters. The number of hydrogen-bond acceptors (Lipinski definition) is 2. The Morgan fingerprint density at radius 2 is 1.00 bits per heavy atom. The van der Waals surface area contributed by atoms with Gasteiger partial charge < -0.3 is 21.3 Å². The van der Waals surface area contributed by atoms with Crippen LogP contribution in [0.1, 0.15) is 40.5 Å². The molecule has 110 valence electrons. The van der Waals surface area contributed by atoms with Gasteiger partial charge in [-0.3, -0.25) is 0 Å². The van der Waals surface area contributed by atoms with Crippen LogP contribution >= 0.6 is 0 Å². The summed E-state index contributed by atoms with van der Waals surface area (Å²) in [5.41, 5.74) is 0. The average Bonchev–Trinajstić information content (AvgIpc) is 2.46. The van der Waals surface area contributed by atoms with Gasteiger partial charge in [0, 0.05) is 27.2 Å². The number of carbonyl (C=O) groups excluding carboxylic acids is 2. The second-order valence-electron chi connectivity index (χ2n) is 2.72. The Hall–Kier alpha value is -1.46. The summed E-state index contributed by atoms with van der Waals surface area (Å²) in [5, 5.41) is 10.2. The Labute approximate surface area is 111 Å². The summed E-state index contributed by atoms with van der Waals surface area (Å²) in [4.78, 5) is 21.4. The molecule has 0 aromatic carbocycles. The van der Waals surface area contributed by atoms with Crippen LogP contribution in [0.4, 0.5) is 9.59 Å². The molecule has 18 heavy (non-hydrogen) atoms. The highest BCUT2D eigenvalue weighted by atomic mass is 16.2. The Morgan fingerprint density at radius 1 is 0.722 bits per heavy atom. The van der Waals surface area contributed by atoms with E-state index in [0.717, 1.165) is 12.8 Å². The van der Waals surface area contributed by atoms with Gasteiger partial charge in [-0.25, -0.2) is 9.59 Å². The van der Waals surface area contributed by atoms with Crippen LogP contribution in [0.5, 0.6) is 0 Å². The molecule has 4 amide bonds. The lowest BCUT2D eigenvalue weighted by molar-refractivity contribution is 0.240. The van der Waals surface area contributed by atoms with Crippen molar-refractivity contribution in [3.63, 3.8) is 0 Å². The number of hydrogen-bond donors (Lipinski definition) is 4. The summed E-state index contributed by atoms with van der Waals surface area (Å²) in [5.74, 6) is 0. The van der Waals surface area contributed by atoms with Crippen LogP contribution in [0.2, 0.25) is 0 Å². The molecule has 0 unspecified atom stereocenters. The smallest absolute Gasteiger partial charge is 0.314 e. The third-order valence-electron chi connectivity index (χ3n) is 1.63. The summed E-state index contributed by atoms with van der Waals surface area (Å²) in [7, 11) is 3.14. The molecule has 0 bridgehead atoms. The second-order valence-corrected chi connectivity index (χ2v) is 2.72. The summed E-state index contributed by atoms with van der Waals surface area (Å²) in [6.07, 6.45) is 1.69. The molecule has 0 aromatic rings. The van der Waals surface area contributed by atoms with Gasteiger partial charge in [-0.1, -0.05) is 27.7 Å². The van der Waals surface area contributed by atoms with Gasteiger partial charge in [0.15, 0.2) is 0 Å². The zero-order valence-electron chi connectivity index (χ0n) is 12.6. The number of carbonyl (C=O) groups is 2. The van der Waals surface area contributed by atoms with Crippen molar-refractivity contribution in [3.05, 3.63) is 0 Å². The normalized spacial score (nSPS) is 7.67. The zero-order valence-corrected chi connectivity index (χ0v) is 12.6. The van der Waals surface area contributed by atoms with Crippen molar-refractivity contribution in [2.24, 2.45) is 0 Å². The van der Waals surface area contributed by atoms with Crippen molar-refractivity contribution in [1.82, 2.24) is 21.3 Å². The Morgan fingerprint density at radius 3 is 1.22 bits per heavy atom. The van der Waals surface area contributed by atoms with Crippen LogP contribution in [-0.2, 0) is 0 Å². The summed E-state index contributed by atoms with van der Waals surface area (Å²) in [6.45, 7) is 9.24. The van der Waals surface area contributed by atoms with Crippen LogP contribution in [0.15, 0.2) is 0 Å². The first-order chi connectivity index (χ1) is 8.70. The largest absolute Gasteiger partial charge is 0.341 e. The number of rotatable bonds is 5. The van der Waals surface area contributed by atoms with Crippen LogP contribution in [-0.4, -0.2) is 39.2 Å². The predicted molar refractivity (Wildman–Crippen MR) is 76.8 cm³/mol. The molecule has 0 radical (unpaired) electrons. The van der Waals surface area contributed by atoms with Crippen LogP contribution in [0.25, 0.3) is 0 Å². The number of amides is 4. The Bertz CT molecular complexity index is 167. The molecule has 6 heteroatoms. The second kappa shape index (κ2) is 20.9. The van der Waals surface area contributed by atoms with Gasteiger partial charge >= 0.3 is 12.1 Å². The molecule has 0 aromatic heterocycles. The highest BCUT2D eigenvalue weighted by Crippen LogP contribution is 1.84. The van der Waals surface area contributed by atoms with E-state index >= 15 is 0 Å². The minimum Gasteiger partial charge on any atom is -0.341 e. The fraction of sp³-hybridized carbons (Fsp3) is 0.833.